The molecule has 120 valence electrons. The van der Waals surface area contributed by atoms with Crippen LogP contribution in [0, 0.1) is 0 Å². The highest BCUT2D eigenvalue weighted by atomic mass is 32.2. The minimum Gasteiger partial charge on any atom is -0.317 e. The molecule has 0 saturated carbocycles. The van der Waals surface area contributed by atoms with E-state index in [1.165, 1.54) is 0 Å². The average Bonchev–Trinajstić information content (AvgIpc) is 2.37. The molecule has 0 unspecified atom stereocenters. The van der Waals surface area contributed by atoms with Crippen LogP contribution in [0.15, 0.2) is 0 Å². The summed E-state index contributed by atoms with van der Waals surface area (Å²) in [4.78, 5) is 2.35. The van der Waals surface area contributed by atoms with Gasteiger partial charge in [0, 0.05) is 31.7 Å². The molecule has 1 heterocycles. The lowest BCUT2D eigenvalue weighted by Gasteiger charge is -2.41. The van der Waals surface area contributed by atoms with Gasteiger partial charge in [-0.25, -0.2) is 8.42 Å². The van der Waals surface area contributed by atoms with Crippen LogP contribution >= 0.6 is 0 Å². The number of piperazine rings is 1. The third-order valence-corrected chi connectivity index (χ3v) is 5.79. The summed E-state index contributed by atoms with van der Waals surface area (Å²) in [6.07, 6.45) is 1.67. The second-order valence-corrected chi connectivity index (χ2v) is 8.52. The van der Waals surface area contributed by atoms with Crippen LogP contribution in [0.25, 0.3) is 0 Å². The fourth-order valence-corrected chi connectivity index (χ4v) is 4.02. The molecule has 0 atom stereocenters. The van der Waals surface area contributed by atoms with Crippen LogP contribution in [0.3, 0.4) is 0 Å². The molecule has 1 aliphatic rings. The van der Waals surface area contributed by atoms with Gasteiger partial charge in [-0.1, -0.05) is 6.92 Å². The van der Waals surface area contributed by atoms with Gasteiger partial charge in [0.1, 0.15) is 0 Å². The Labute approximate surface area is 124 Å². The zero-order valence-corrected chi connectivity index (χ0v) is 14.3. The molecule has 0 radical (unpaired) electrons. The summed E-state index contributed by atoms with van der Waals surface area (Å²) >= 11 is 0. The Balaban J connectivity index is 2.35. The predicted molar refractivity (Wildman–Crippen MR) is 84.5 cm³/mol. The van der Waals surface area contributed by atoms with Crippen molar-refractivity contribution in [1.82, 2.24) is 14.5 Å². The van der Waals surface area contributed by atoms with Crippen LogP contribution < -0.4 is 5.32 Å². The van der Waals surface area contributed by atoms with E-state index in [2.05, 4.69) is 37.9 Å². The molecule has 0 bridgehead atoms. The molecular formula is C14H31N3O2S. The number of sulfonamides is 1. The SMILES string of the molecule is CCNCCCCS(=O)(=O)N1CCN(C(C)(C)C)CC1. The minimum absolute atomic E-state index is 0.127. The van der Waals surface area contributed by atoms with Crippen LogP contribution in [0.1, 0.15) is 40.5 Å². The largest absolute Gasteiger partial charge is 0.317 e. The number of rotatable bonds is 7. The lowest BCUT2D eigenvalue weighted by Crippen LogP contribution is -2.54. The van der Waals surface area contributed by atoms with Gasteiger partial charge in [-0.05, 0) is 46.7 Å². The molecule has 0 aromatic carbocycles. The maximum absolute atomic E-state index is 12.3. The third-order valence-electron chi connectivity index (χ3n) is 3.84. The molecule has 1 fully saturated rings. The molecule has 0 aromatic rings. The summed E-state index contributed by atoms with van der Waals surface area (Å²) in [6, 6.07) is 0. The topological polar surface area (TPSA) is 52.7 Å². The first-order valence-corrected chi connectivity index (χ1v) is 9.32. The summed E-state index contributed by atoms with van der Waals surface area (Å²) in [5.41, 5.74) is 0.127. The van der Waals surface area contributed by atoms with E-state index in [0.29, 0.717) is 13.1 Å². The minimum atomic E-state index is -3.06. The van der Waals surface area contributed by atoms with Gasteiger partial charge in [0.25, 0.3) is 0 Å². The number of nitrogens with one attached hydrogen (secondary N) is 1. The molecule has 0 spiro atoms. The van der Waals surface area contributed by atoms with Crippen LogP contribution in [-0.2, 0) is 10.0 Å². The number of nitrogens with zero attached hydrogens (tertiary/aromatic N) is 2. The summed E-state index contributed by atoms with van der Waals surface area (Å²) < 4.78 is 26.2. The standard InChI is InChI=1S/C14H31N3O2S/c1-5-15-8-6-7-13-20(18,19)17-11-9-16(10-12-17)14(2,3)4/h15H,5-13H2,1-4H3. The first-order chi connectivity index (χ1) is 9.27. The van der Waals surface area contributed by atoms with Crippen molar-refractivity contribution in [3.8, 4) is 0 Å². The highest BCUT2D eigenvalue weighted by Crippen LogP contribution is 2.17. The molecule has 1 saturated heterocycles. The second kappa shape index (κ2) is 7.73. The molecule has 20 heavy (non-hydrogen) atoms. The van der Waals surface area contributed by atoms with E-state index >= 15 is 0 Å². The molecule has 0 aliphatic carbocycles. The third kappa shape index (κ3) is 5.68. The van der Waals surface area contributed by atoms with E-state index in [1.54, 1.807) is 4.31 Å². The Morgan fingerprint density at radius 2 is 1.65 bits per heavy atom. The summed E-state index contributed by atoms with van der Waals surface area (Å²) in [7, 11) is -3.06. The Bertz CT molecular complexity index is 368. The van der Waals surface area contributed by atoms with Gasteiger partial charge in [-0.2, -0.15) is 4.31 Å². The maximum atomic E-state index is 12.3. The zero-order chi connectivity index (χ0) is 15.2. The summed E-state index contributed by atoms with van der Waals surface area (Å²) in [5, 5.41) is 3.22. The van der Waals surface area contributed by atoms with Gasteiger partial charge in [0.2, 0.25) is 10.0 Å². The normalized spacial score (nSPS) is 19.4. The van der Waals surface area contributed by atoms with E-state index in [-0.39, 0.29) is 11.3 Å². The van der Waals surface area contributed by atoms with Gasteiger partial charge >= 0.3 is 0 Å². The van der Waals surface area contributed by atoms with Crippen molar-refractivity contribution in [3.63, 3.8) is 0 Å². The fraction of sp³-hybridized carbons (Fsp3) is 1.00. The number of unbranched alkanes of at least 4 members (excludes halogenated alkanes) is 1. The summed E-state index contributed by atoms with van der Waals surface area (Å²) in [5.74, 6) is 0.286. The molecule has 0 amide bonds. The first-order valence-electron chi connectivity index (χ1n) is 7.71. The van der Waals surface area contributed by atoms with Gasteiger partial charge < -0.3 is 5.32 Å². The van der Waals surface area contributed by atoms with Gasteiger partial charge in [-0.15, -0.1) is 0 Å². The van der Waals surface area contributed by atoms with Gasteiger partial charge in [0.05, 0.1) is 5.75 Å². The molecule has 1 N–H and O–H groups in total. The van der Waals surface area contributed by atoms with Crippen molar-refractivity contribution in [3.05, 3.63) is 0 Å². The molecule has 6 heteroatoms. The van der Waals surface area contributed by atoms with E-state index in [4.69, 9.17) is 0 Å². The highest BCUT2D eigenvalue weighted by molar-refractivity contribution is 7.89. The smallest absolute Gasteiger partial charge is 0.214 e. The highest BCUT2D eigenvalue weighted by Gasteiger charge is 2.30. The monoisotopic (exact) mass is 305 g/mol. The van der Waals surface area contributed by atoms with Crippen LogP contribution in [0.5, 0.6) is 0 Å². The van der Waals surface area contributed by atoms with Crippen molar-refractivity contribution in [2.45, 2.75) is 46.1 Å². The Morgan fingerprint density at radius 3 is 2.15 bits per heavy atom. The van der Waals surface area contributed by atoms with Crippen LogP contribution in [-0.4, -0.2) is 68.2 Å². The zero-order valence-electron chi connectivity index (χ0n) is 13.5. The molecule has 5 nitrogen and oxygen atoms in total. The second-order valence-electron chi connectivity index (χ2n) is 6.43. The van der Waals surface area contributed by atoms with E-state index in [1.807, 2.05) is 0 Å². The van der Waals surface area contributed by atoms with Crippen LogP contribution in [0.4, 0.5) is 0 Å². The Hall–Kier alpha value is -0.170. The molecule has 1 aliphatic heterocycles. The Kier molecular flexibility index (Phi) is 6.91. The Morgan fingerprint density at radius 1 is 1.05 bits per heavy atom. The van der Waals surface area contributed by atoms with Gasteiger partial charge in [-0.3, -0.25) is 4.90 Å². The lowest BCUT2D eigenvalue weighted by molar-refractivity contribution is 0.0922. The van der Waals surface area contributed by atoms with Crippen LogP contribution in [0.2, 0.25) is 0 Å². The van der Waals surface area contributed by atoms with E-state index in [9.17, 15) is 8.42 Å². The van der Waals surface area contributed by atoms with Crippen molar-refractivity contribution in [1.29, 1.82) is 0 Å². The van der Waals surface area contributed by atoms with Crippen molar-refractivity contribution in [2.24, 2.45) is 0 Å². The lowest BCUT2D eigenvalue weighted by atomic mass is 10.1. The molecule has 0 aromatic heterocycles. The van der Waals surface area contributed by atoms with E-state index < -0.39 is 10.0 Å². The van der Waals surface area contributed by atoms with Crippen molar-refractivity contribution < 1.29 is 8.42 Å². The number of hydrogen-bond donors (Lipinski definition) is 1. The quantitative estimate of drug-likeness (QED) is 0.716. The van der Waals surface area contributed by atoms with Crippen molar-refractivity contribution >= 4 is 10.0 Å². The average molecular weight is 305 g/mol. The molecular weight excluding hydrogens is 274 g/mol. The van der Waals surface area contributed by atoms with Crippen molar-refractivity contribution in [2.75, 3.05) is 45.0 Å². The molecule has 1 rings (SSSR count). The predicted octanol–water partition coefficient (Wildman–Crippen LogP) is 1.12. The first kappa shape index (κ1) is 17.9. The number of hydrogen-bond acceptors (Lipinski definition) is 4. The maximum Gasteiger partial charge on any atom is 0.214 e. The summed E-state index contributed by atoms with van der Waals surface area (Å²) in [6.45, 7) is 13.4. The fourth-order valence-electron chi connectivity index (χ4n) is 2.48. The van der Waals surface area contributed by atoms with Gasteiger partial charge in [0.15, 0.2) is 0 Å². The van der Waals surface area contributed by atoms with E-state index in [0.717, 1.165) is 39.0 Å².